The number of anilines is 3. The van der Waals surface area contributed by atoms with Crippen LogP contribution in [0.1, 0.15) is 5.56 Å². The molecule has 6 heteroatoms. The highest BCUT2D eigenvalue weighted by molar-refractivity contribution is 5.59. The maximum Gasteiger partial charge on any atom is 0.135 e. The van der Waals surface area contributed by atoms with Crippen LogP contribution in [0.5, 0.6) is 0 Å². The van der Waals surface area contributed by atoms with Gasteiger partial charge in [-0.25, -0.2) is 14.4 Å². The fourth-order valence-electron chi connectivity index (χ4n) is 2.20. The topological polar surface area (TPSA) is 50.3 Å². The lowest BCUT2D eigenvalue weighted by molar-refractivity contribution is 0.122. The van der Waals surface area contributed by atoms with E-state index >= 15 is 0 Å². The van der Waals surface area contributed by atoms with Crippen LogP contribution in [-0.4, -0.2) is 36.3 Å². The highest BCUT2D eigenvalue weighted by Gasteiger charge is 2.13. The summed E-state index contributed by atoms with van der Waals surface area (Å²) in [4.78, 5) is 10.6. The SMILES string of the molecule is Cc1ccc(Nc2cc(N3CCOCC3)ncn2)cc1F. The number of hydrogen-bond acceptors (Lipinski definition) is 5. The zero-order valence-electron chi connectivity index (χ0n) is 11.8. The Morgan fingerprint density at radius 1 is 1.19 bits per heavy atom. The molecule has 0 saturated carbocycles. The molecule has 0 bridgehead atoms. The maximum atomic E-state index is 13.6. The van der Waals surface area contributed by atoms with Crippen molar-refractivity contribution in [2.45, 2.75) is 6.92 Å². The fourth-order valence-corrected chi connectivity index (χ4v) is 2.20. The first-order chi connectivity index (χ1) is 10.2. The summed E-state index contributed by atoms with van der Waals surface area (Å²) in [5.41, 5.74) is 1.29. The van der Waals surface area contributed by atoms with Gasteiger partial charge < -0.3 is 15.0 Å². The molecule has 110 valence electrons. The van der Waals surface area contributed by atoms with Crippen molar-refractivity contribution in [2.75, 3.05) is 36.5 Å². The van der Waals surface area contributed by atoms with Crippen molar-refractivity contribution in [2.24, 2.45) is 0 Å². The van der Waals surface area contributed by atoms with Gasteiger partial charge in [-0.05, 0) is 24.6 Å². The minimum Gasteiger partial charge on any atom is -0.378 e. The van der Waals surface area contributed by atoms with E-state index in [0.29, 0.717) is 30.3 Å². The molecule has 0 aliphatic carbocycles. The van der Waals surface area contributed by atoms with Crippen LogP contribution < -0.4 is 10.2 Å². The highest BCUT2D eigenvalue weighted by Crippen LogP contribution is 2.20. The van der Waals surface area contributed by atoms with Gasteiger partial charge >= 0.3 is 0 Å². The van der Waals surface area contributed by atoms with Gasteiger partial charge in [0.05, 0.1) is 13.2 Å². The van der Waals surface area contributed by atoms with Crippen LogP contribution in [-0.2, 0) is 4.74 Å². The normalized spacial score (nSPS) is 15.0. The molecule has 1 saturated heterocycles. The summed E-state index contributed by atoms with van der Waals surface area (Å²) in [5.74, 6) is 1.26. The van der Waals surface area contributed by atoms with Gasteiger partial charge in [0.25, 0.3) is 0 Å². The van der Waals surface area contributed by atoms with E-state index in [9.17, 15) is 4.39 Å². The van der Waals surface area contributed by atoms with Crippen molar-refractivity contribution in [3.8, 4) is 0 Å². The lowest BCUT2D eigenvalue weighted by atomic mass is 10.2. The Labute approximate surface area is 122 Å². The molecule has 0 spiro atoms. The summed E-state index contributed by atoms with van der Waals surface area (Å²) in [6, 6.07) is 6.89. The van der Waals surface area contributed by atoms with Gasteiger partial charge in [-0.2, -0.15) is 0 Å². The third kappa shape index (κ3) is 3.28. The molecule has 0 atom stereocenters. The smallest absolute Gasteiger partial charge is 0.135 e. The number of nitrogens with zero attached hydrogens (tertiary/aromatic N) is 3. The Balaban J connectivity index is 1.77. The largest absolute Gasteiger partial charge is 0.378 e. The lowest BCUT2D eigenvalue weighted by Gasteiger charge is -2.27. The molecule has 1 fully saturated rings. The number of aromatic nitrogens is 2. The molecule has 1 aliphatic heterocycles. The molecule has 0 unspecified atom stereocenters. The lowest BCUT2D eigenvalue weighted by Crippen LogP contribution is -2.36. The monoisotopic (exact) mass is 288 g/mol. The Morgan fingerprint density at radius 2 is 2.00 bits per heavy atom. The van der Waals surface area contributed by atoms with Crippen molar-refractivity contribution < 1.29 is 9.13 Å². The molecular weight excluding hydrogens is 271 g/mol. The van der Waals surface area contributed by atoms with Crippen molar-refractivity contribution in [1.29, 1.82) is 0 Å². The third-order valence-electron chi connectivity index (χ3n) is 3.43. The first-order valence-electron chi connectivity index (χ1n) is 6.90. The first-order valence-corrected chi connectivity index (χ1v) is 6.90. The molecular formula is C15H17FN4O. The Bertz CT molecular complexity index is 629. The molecule has 1 aromatic carbocycles. The van der Waals surface area contributed by atoms with Crippen molar-refractivity contribution in [3.63, 3.8) is 0 Å². The second-order valence-corrected chi connectivity index (χ2v) is 4.95. The molecule has 1 N–H and O–H groups in total. The van der Waals surface area contributed by atoms with Crippen molar-refractivity contribution >= 4 is 17.3 Å². The van der Waals surface area contributed by atoms with Gasteiger partial charge in [0.1, 0.15) is 23.8 Å². The number of morpholine rings is 1. The second kappa shape index (κ2) is 6.05. The summed E-state index contributed by atoms with van der Waals surface area (Å²) >= 11 is 0. The van der Waals surface area contributed by atoms with Gasteiger partial charge in [0.2, 0.25) is 0 Å². The maximum absolute atomic E-state index is 13.6. The minimum absolute atomic E-state index is 0.234. The zero-order valence-corrected chi connectivity index (χ0v) is 11.8. The van der Waals surface area contributed by atoms with Crippen LogP contribution in [0.15, 0.2) is 30.6 Å². The summed E-state index contributed by atoms with van der Waals surface area (Å²) in [6.07, 6.45) is 1.51. The number of aryl methyl sites for hydroxylation is 1. The zero-order chi connectivity index (χ0) is 14.7. The van der Waals surface area contributed by atoms with Crippen molar-refractivity contribution in [3.05, 3.63) is 42.0 Å². The number of halogens is 1. The van der Waals surface area contributed by atoms with Crippen LogP contribution in [0, 0.1) is 12.7 Å². The van der Waals surface area contributed by atoms with E-state index in [1.54, 1.807) is 13.0 Å². The van der Waals surface area contributed by atoms with E-state index in [1.807, 2.05) is 12.1 Å². The number of nitrogens with one attached hydrogen (secondary N) is 1. The molecule has 2 aromatic rings. The molecule has 1 aliphatic rings. The van der Waals surface area contributed by atoms with E-state index in [1.165, 1.54) is 12.4 Å². The summed E-state index contributed by atoms with van der Waals surface area (Å²) < 4.78 is 18.9. The molecule has 2 heterocycles. The van der Waals surface area contributed by atoms with Gasteiger partial charge in [-0.3, -0.25) is 0 Å². The van der Waals surface area contributed by atoms with Crippen molar-refractivity contribution in [1.82, 2.24) is 9.97 Å². The predicted octanol–water partition coefficient (Wildman–Crippen LogP) is 2.50. The first kappa shape index (κ1) is 13.8. The average molecular weight is 288 g/mol. The predicted molar refractivity (Wildman–Crippen MR) is 79.5 cm³/mol. The van der Waals surface area contributed by atoms with E-state index in [4.69, 9.17) is 4.74 Å². The molecule has 1 aromatic heterocycles. The summed E-state index contributed by atoms with van der Waals surface area (Å²) in [5, 5.41) is 3.10. The van der Waals surface area contributed by atoms with Crippen LogP contribution in [0.4, 0.5) is 21.7 Å². The molecule has 21 heavy (non-hydrogen) atoms. The minimum atomic E-state index is -0.234. The van der Waals surface area contributed by atoms with Crippen LogP contribution in [0.2, 0.25) is 0 Å². The van der Waals surface area contributed by atoms with Gasteiger partial charge in [-0.1, -0.05) is 6.07 Å². The molecule has 3 rings (SSSR count). The van der Waals surface area contributed by atoms with Gasteiger partial charge in [0.15, 0.2) is 0 Å². The van der Waals surface area contributed by atoms with E-state index in [2.05, 4.69) is 20.2 Å². The molecule has 0 amide bonds. The number of rotatable bonds is 3. The highest BCUT2D eigenvalue weighted by atomic mass is 19.1. The van der Waals surface area contributed by atoms with Crippen LogP contribution in [0.25, 0.3) is 0 Å². The van der Waals surface area contributed by atoms with Crippen LogP contribution in [0.3, 0.4) is 0 Å². The quantitative estimate of drug-likeness (QED) is 0.940. The fraction of sp³-hybridized carbons (Fsp3) is 0.333. The van der Waals surface area contributed by atoms with E-state index in [-0.39, 0.29) is 5.82 Å². The van der Waals surface area contributed by atoms with E-state index in [0.717, 1.165) is 18.9 Å². The number of benzene rings is 1. The summed E-state index contributed by atoms with van der Waals surface area (Å²) in [6.45, 7) is 4.78. The number of hydrogen-bond donors (Lipinski definition) is 1. The van der Waals surface area contributed by atoms with Gasteiger partial charge in [-0.15, -0.1) is 0 Å². The third-order valence-corrected chi connectivity index (χ3v) is 3.43. The Morgan fingerprint density at radius 3 is 2.76 bits per heavy atom. The van der Waals surface area contributed by atoms with E-state index < -0.39 is 0 Å². The Hall–Kier alpha value is -2.21. The second-order valence-electron chi connectivity index (χ2n) is 4.95. The molecule has 5 nitrogen and oxygen atoms in total. The average Bonchev–Trinajstić information content (AvgIpc) is 2.52. The Kier molecular flexibility index (Phi) is 3.96. The summed E-state index contributed by atoms with van der Waals surface area (Å²) in [7, 11) is 0. The van der Waals surface area contributed by atoms with Crippen LogP contribution >= 0.6 is 0 Å². The molecule has 0 radical (unpaired) electrons. The standard InChI is InChI=1S/C15H17FN4O/c1-11-2-3-12(8-13(11)16)19-14-9-15(18-10-17-14)20-4-6-21-7-5-20/h2-3,8-10H,4-7H2,1H3,(H,17,18,19). The number of ether oxygens (including phenoxy) is 1. The van der Waals surface area contributed by atoms with Gasteiger partial charge in [0, 0.05) is 24.8 Å².